The summed E-state index contributed by atoms with van der Waals surface area (Å²) in [6, 6.07) is 19.5. The van der Waals surface area contributed by atoms with E-state index in [1.165, 1.54) is 12.1 Å². The molecule has 0 fully saturated rings. The van der Waals surface area contributed by atoms with E-state index in [1.807, 2.05) is 48.5 Å². The van der Waals surface area contributed by atoms with Gasteiger partial charge in [-0.15, -0.1) is 0 Å². The number of amides is 2. The van der Waals surface area contributed by atoms with E-state index in [1.54, 1.807) is 0 Å². The fraction of sp³-hybridized carbons (Fsp3) is 0.115. The highest BCUT2D eigenvalue weighted by Gasteiger charge is 2.28. The lowest BCUT2D eigenvalue weighted by molar-refractivity contribution is -0.111. The molecular weight excluding hydrogens is 439 g/mol. The molecule has 1 aliphatic carbocycles. The van der Waals surface area contributed by atoms with Gasteiger partial charge < -0.3 is 20.5 Å². The Hall–Kier alpha value is -4.64. The van der Waals surface area contributed by atoms with Crippen LogP contribution in [0.2, 0.25) is 0 Å². The molecule has 0 bridgehead atoms. The summed E-state index contributed by atoms with van der Waals surface area (Å²) >= 11 is 0. The average molecular weight is 458 g/mol. The van der Waals surface area contributed by atoms with Crippen LogP contribution in [0.4, 0.5) is 14.9 Å². The molecular formula is C26H19FN2O5. The molecule has 0 aromatic heterocycles. The van der Waals surface area contributed by atoms with E-state index in [0.717, 1.165) is 28.3 Å². The van der Waals surface area contributed by atoms with Gasteiger partial charge in [0.2, 0.25) is 0 Å². The zero-order valence-electron chi connectivity index (χ0n) is 17.8. The molecule has 7 nitrogen and oxygen atoms in total. The van der Waals surface area contributed by atoms with Crippen molar-refractivity contribution >= 4 is 23.7 Å². The second-order valence-electron chi connectivity index (χ2n) is 7.41. The third-order valence-electron chi connectivity index (χ3n) is 5.34. The number of carboxylic acids is 1. The van der Waals surface area contributed by atoms with Crippen molar-refractivity contribution in [2.24, 2.45) is 0 Å². The summed E-state index contributed by atoms with van der Waals surface area (Å²) in [6.07, 6.45) is -0.684. The first-order valence-corrected chi connectivity index (χ1v) is 10.4. The van der Waals surface area contributed by atoms with E-state index < -0.39 is 29.4 Å². The zero-order chi connectivity index (χ0) is 24.1. The van der Waals surface area contributed by atoms with Crippen LogP contribution in [-0.2, 0) is 9.53 Å². The molecule has 0 unspecified atom stereocenters. The molecule has 1 aliphatic rings. The van der Waals surface area contributed by atoms with Gasteiger partial charge in [0.05, 0.1) is 17.8 Å². The predicted octanol–water partition coefficient (Wildman–Crippen LogP) is 4.00. The number of alkyl carbamates (subject to hydrolysis) is 1. The number of carboxylic acid groups (broad SMARTS) is 1. The van der Waals surface area contributed by atoms with E-state index in [4.69, 9.17) is 9.84 Å². The van der Waals surface area contributed by atoms with Crippen LogP contribution in [0.15, 0.2) is 66.7 Å². The number of nitrogens with one attached hydrogen (secondary N) is 2. The summed E-state index contributed by atoms with van der Waals surface area (Å²) in [7, 11) is 0. The largest absolute Gasteiger partial charge is 0.478 e. The highest BCUT2D eigenvalue weighted by Crippen LogP contribution is 2.44. The topological polar surface area (TPSA) is 105 Å². The lowest BCUT2D eigenvalue weighted by Crippen LogP contribution is -2.26. The van der Waals surface area contributed by atoms with Gasteiger partial charge in [-0.3, -0.25) is 4.79 Å². The highest BCUT2D eigenvalue weighted by atomic mass is 19.1. The Balaban J connectivity index is 1.29. The minimum Gasteiger partial charge on any atom is -0.478 e. The molecule has 0 heterocycles. The second kappa shape index (κ2) is 9.88. The van der Waals surface area contributed by atoms with E-state index in [9.17, 15) is 18.8 Å². The SMILES string of the molecule is O=C(C#CCNC(=O)OCC1c2ccccc2-c2ccccc21)Nc1cccc(C(=O)O)c1F. The first-order chi connectivity index (χ1) is 16.5. The first-order valence-electron chi connectivity index (χ1n) is 10.4. The van der Waals surface area contributed by atoms with Crippen LogP contribution in [0, 0.1) is 17.7 Å². The number of carbonyl (C=O) groups is 3. The van der Waals surface area contributed by atoms with Crippen molar-refractivity contribution < 1.29 is 28.6 Å². The van der Waals surface area contributed by atoms with Gasteiger partial charge in [-0.2, -0.15) is 0 Å². The van der Waals surface area contributed by atoms with E-state index in [-0.39, 0.29) is 24.8 Å². The molecule has 3 aromatic rings. The molecule has 0 aliphatic heterocycles. The second-order valence-corrected chi connectivity index (χ2v) is 7.41. The number of halogens is 1. The molecule has 8 heteroatoms. The Morgan fingerprint density at radius 1 is 0.941 bits per heavy atom. The molecule has 2 amide bonds. The maximum Gasteiger partial charge on any atom is 0.407 e. The summed E-state index contributed by atoms with van der Waals surface area (Å²) in [5.74, 6) is 1.19. The molecule has 34 heavy (non-hydrogen) atoms. The van der Waals surface area contributed by atoms with Crippen LogP contribution in [0.25, 0.3) is 11.1 Å². The van der Waals surface area contributed by atoms with E-state index in [2.05, 4.69) is 22.5 Å². The Morgan fingerprint density at radius 3 is 2.24 bits per heavy atom. The third kappa shape index (κ3) is 4.74. The summed E-state index contributed by atoms with van der Waals surface area (Å²) in [6.45, 7) is -0.0191. The third-order valence-corrected chi connectivity index (χ3v) is 5.34. The van der Waals surface area contributed by atoms with Crippen molar-refractivity contribution in [3.05, 3.63) is 89.2 Å². The molecule has 4 rings (SSSR count). The Morgan fingerprint density at radius 2 is 1.59 bits per heavy atom. The molecule has 0 spiro atoms. The number of anilines is 1. The molecule has 3 N–H and O–H groups in total. The monoisotopic (exact) mass is 458 g/mol. The summed E-state index contributed by atoms with van der Waals surface area (Å²) < 4.78 is 19.4. The minimum absolute atomic E-state index is 0.0773. The normalized spacial score (nSPS) is 11.4. The number of aromatic carboxylic acids is 1. The van der Waals surface area contributed by atoms with Crippen molar-refractivity contribution in [1.29, 1.82) is 0 Å². The Bertz CT molecular complexity index is 1300. The number of benzene rings is 3. The highest BCUT2D eigenvalue weighted by molar-refractivity contribution is 6.04. The summed E-state index contributed by atoms with van der Waals surface area (Å²) in [5, 5.41) is 13.5. The lowest BCUT2D eigenvalue weighted by atomic mass is 9.98. The number of rotatable bonds is 5. The fourth-order valence-electron chi connectivity index (χ4n) is 3.84. The quantitative estimate of drug-likeness (QED) is 0.502. The van der Waals surface area contributed by atoms with Crippen LogP contribution in [-0.4, -0.2) is 36.2 Å². The number of carbonyl (C=O) groups excluding carboxylic acids is 2. The molecule has 0 radical (unpaired) electrons. The van der Waals surface area contributed by atoms with Crippen LogP contribution in [0.1, 0.15) is 27.4 Å². The predicted molar refractivity (Wildman–Crippen MR) is 123 cm³/mol. The average Bonchev–Trinajstić information content (AvgIpc) is 3.15. The first kappa shape index (κ1) is 22.6. The van der Waals surface area contributed by atoms with Gasteiger partial charge in [0.25, 0.3) is 5.91 Å². The zero-order valence-corrected chi connectivity index (χ0v) is 17.8. The number of ether oxygens (including phenoxy) is 1. The van der Waals surface area contributed by atoms with Crippen molar-refractivity contribution in [3.8, 4) is 23.0 Å². The van der Waals surface area contributed by atoms with E-state index >= 15 is 0 Å². The summed E-state index contributed by atoms with van der Waals surface area (Å²) in [4.78, 5) is 34.9. The molecule has 170 valence electrons. The van der Waals surface area contributed by atoms with Crippen molar-refractivity contribution in [3.63, 3.8) is 0 Å². The molecule has 0 saturated carbocycles. The smallest absolute Gasteiger partial charge is 0.407 e. The van der Waals surface area contributed by atoms with Crippen LogP contribution >= 0.6 is 0 Å². The lowest BCUT2D eigenvalue weighted by Gasteiger charge is -2.14. The molecule has 3 aromatic carbocycles. The van der Waals surface area contributed by atoms with Gasteiger partial charge in [-0.25, -0.2) is 14.0 Å². The minimum atomic E-state index is -1.45. The van der Waals surface area contributed by atoms with Crippen molar-refractivity contribution in [2.45, 2.75) is 5.92 Å². The van der Waals surface area contributed by atoms with Crippen LogP contribution in [0.3, 0.4) is 0 Å². The molecule has 0 atom stereocenters. The Labute approximate surface area is 194 Å². The van der Waals surface area contributed by atoms with Gasteiger partial charge >= 0.3 is 12.1 Å². The van der Waals surface area contributed by atoms with E-state index in [0.29, 0.717) is 0 Å². The van der Waals surface area contributed by atoms with Gasteiger partial charge in [-0.05, 0) is 40.3 Å². The van der Waals surface area contributed by atoms with Crippen molar-refractivity contribution in [2.75, 3.05) is 18.5 Å². The van der Waals surface area contributed by atoms with Gasteiger partial charge in [0, 0.05) is 5.92 Å². The number of fused-ring (bicyclic) bond motifs is 3. The van der Waals surface area contributed by atoms with Gasteiger partial charge in [-0.1, -0.05) is 60.5 Å². The standard InChI is InChI=1S/C26H19FN2O5/c27-24-20(25(31)32)11-5-12-22(24)29-23(30)13-6-14-28-26(33)34-15-21-18-9-3-1-7-16(18)17-8-2-4-10-19(17)21/h1-5,7-12,21H,14-15H2,(H,28,33)(H,29,30)(H,31,32). The summed E-state index contributed by atoms with van der Waals surface area (Å²) in [5.41, 5.74) is 3.55. The number of hydrogen-bond donors (Lipinski definition) is 3. The van der Waals surface area contributed by atoms with Crippen LogP contribution < -0.4 is 10.6 Å². The maximum atomic E-state index is 14.1. The Kier molecular flexibility index (Phi) is 6.55. The number of hydrogen-bond acceptors (Lipinski definition) is 4. The fourth-order valence-corrected chi connectivity index (χ4v) is 3.84. The molecule has 0 saturated heterocycles. The maximum absolute atomic E-state index is 14.1. The van der Waals surface area contributed by atoms with Crippen molar-refractivity contribution in [1.82, 2.24) is 5.32 Å². The van der Waals surface area contributed by atoms with Gasteiger partial charge in [0.1, 0.15) is 6.61 Å². The van der Waals surface area contributed by atoms with Gasteiger partial charge in [0.15, 0.2) is 5.82 Å². The van der Waals surface area contributed by atoms with Crippen LogP contribution in [0.5, 0.6) is 0 Å².